The van der Waals surface area contributed by atoms with Crippen LogP contribution in [0.2, 0.25) is 0 Å². The first-order chi connectivity index (χ1) is 9.17. The first-order valence-corrected chi connectivity index (χ1v) is 7.07. The smallest absolute Gasteiger partial charge is 0.191 e. The molecule has 0 aliphatic carbocycles. The summed E-state index contributed by atoms with van der Waals surface area (Å²) in [6, 6.07) is 1.99. The van der Waals surface area contributed by atoms with E-state index in [4.69, 9.17) is 4.52 Å². The molecule has 1 rings (SSSR count). The number of halogens is 1. The minimum absolute atomic E-state index is 0. The van der Waals surface area contributed by atoms with Gasteiger partial charge in [0.1, 0.15) is 0 Å². The third kappa shape index (κ3) is 7.12. The lowest BCUT2D eigenvalue weighted by Crippen LogP contribution is -2.37. The normalized spacial score (nSPS) is 11.3. The molecular formula is C14H27IN4O. The van der Waals surface area contributed by atoms with Crippen molar-refractivity contribution in [2.45, 2.75) is 52.5 Å². The van der Waals surface area contributed by atoms with Crippen molar-refractivity contribution >= 4 is 29.9 Å². The van der Waals surface area contributed by atoms with E-state index < -0.39 is 0 Å². The molecule has 20 heavy (non-hydrogen) atoms. The Kier molecular flexibility index (Phi) is 10.5. The maximum atomic E-state index is 5.27. The zero-order chi connectivity index (χ0) is 14.1. The monoisotopic (exact) mass is 394 g/mol. The summed E-state index contributed by atoms with van der Waals surface area (Å²) in [7, 11) is 1.77. The number of nitrogens with one attached hydrogen (secondary N) is 2. The second kappa shape index (κ2) is 10.9. The lowest BCUT2D eigenvalue weighted by Gasteiger charge is -2.10. The summed E-state index contributed by atoms with van der Waals surface area (Å²) in [6.07, 6.45) is 3.63. The number of rotatable bonds is 7. The number of guanidine groups is 1. The Bertz CT molecular complexity index is 390. The highest BCUT2D eigenvalue weighted by atomic mass is 127. The van der Waals surface area contributed by atoms with Crippen LogP contribution in [0.25, 0.3) is 0 Å². The first-order valence-electron chi connectivity index (χ1n) is 7.07. The van der Waals surface area contributed by atoms with E-state index in [1.165, 1.54) is 12.8 Å². The van der Waals surface area contributed by atoms with E-state index in [0.29, 0.717) is 12.5 Å². The number of aromatic nitrogens is 1. The van der Waals surface area contributed by atoms with Crippen molar-refractivity contribution in [3.8, 4) is 0 Å². The van der Waals surface area contributed by atoms with Gasteiger partial charge >= 0.3 is 0 Å². The van der Waals surface area contributed by atoms with Crippen LogP contribution in [0.15, 0.2) is 15.6 Å². The van der Waals surface area contributed by atoms with E-state index in [-0.39, 0.29) is 24.0 Å². The molecule has 2 N–H and O–H groups in total. The van der Waals surface area contributed by atoms with Crippen LogP contribution in [0.5, 0.6) is 0 Å². The van der Waals surface area contributed by atoms with Crippen LogP contribution in [0.3, 0.4) is 0 Å². The molecule has 116 valence electrons. The molecule has 0 atom stereocenters. The van der Waals surface area contributed by atoms with Gasteiger partial charge in [0.15, 0.2) is 11.7 Å². The van der Waals surface area contributed by atoms with Gasteiger partial charge in [-0.1, -0.05) is 38.8 Å². The van der Waals surface area contributed by atoms with Crippen LogP contribution in [-0.2, 0) is 6.54 Å². The van der Waals surface area contributed by atoms with Gasteiger partial charge in [-0.15, -0.1) is 24.0 Å². The maximum absolute atomic E-state index is 5.27. The van der Waals surface area contributed by atoms with Crippen LogP contribution in [-0.4, -0.2) is 24.7 Å². The number of aliphatic imine (C=N–C) groups is 1. The van der Waals surface area contributed by atoms with Gasteiger partial charge in [-0.05, 0) is 12.3 Å². The van der Waals surface area contributed by atoms with Gasteiger partial charge in [0.25, 0.3) is 0 Å². The Morgan fingerprint density at radius 3 is 2.65 bits per heavy atom. The van der Waals surface area contributed by atoms with Crippen LogP contribution in [0.4, 0.5) is 0 Å². The summed E-state index contributed by atoms with van der Waals surface area (Å²) in [6.45, 7) is 7.95. The fourth-order valence-electron chi connectivity index (χ4n) is 1.66. The highest BCUT2D eigenvalue weighted by Gasteiger charge is 2.07. The molecule has 0 bridgehead atoms. The molecule has 1 heterocycles. The molecule has 0 aliphatic heterocycles. The summed E-state index contributed by atoms with van der Waals surface area (Å²) in [5, 5.41) is 10.5. The summed E-state index contributed by atoms with van der Waals surface area (Å²) < 4.78 is 5.27. The van der Waals surface area contributed by atoms with Crippen LogP contribution < -0.4 is 10.6 Å². The number of nitrogens with zero attached hydrogens (tertiary/aromatic N) is 2. The number of hydrogen-bond donors (Lipinski definition) is 2. The van der Waals surface area contributed by atoms with E-state index in [0.717, 1.165) is 30.4 Å². The van der Waals surface area contributed by atoms with Crippen molar-refractivity contribution in [3.63, 3.8) is 0 Å². The van der Waals surface area contributed by atoms with Crippen molar-refractivity contribution in [1.29, 1.82) is 0 Å². The van der Waals surface area contributed by atoms with Crippen LogP contribution in [0, 0.1) is 0 Å². The van der Waals surface area contributed by atoms with Crippen molar-refractivity contribution in [2.75, 3.05) is 13.6 Å². The Labute approximate surface area is 139 Å². The molecule has 0 spiro atoms. The standard InChI is InChI=1S/C14H26N4O.HI/c1-5-6-7-8-16-14(15-4)17-10-12-9-13(11(2)3)18-19-12;/h9,11H,5-8,10H2,1-4H3,(H2,15,16,17);1H. The summed E-state index contributed by atoms with van der Waals surface area (Å²) >= 11 is 0. The lowest BCUT2D eigenvalue weighted by atomic mass is 10.1. The lowest BCUT2D eigenvalue weighted by molar-refractivity contribution is 0.372. The van der Waals surface area contributed by atoms with Gasteiger partial charge in [0.05, 0.1) is 12.2 Å². The van der Waals surface area contributed by atoms with Crippen LogP contribution in [0.1, 0.15) is 57.4 Å². The van der Waals surface area contributed by atoms with Crippen molar-refractivity contribution in [1.82, 2.24) is 15.8 Å². The van der Waals surface area contributed by atoms with Gasteiger partial charge in [0.2, 0.25) is 0 Å². The van der Waals surface area contributed by atoms with E-state index in [2.05, 4.69) is 41.6 Å². The fraction of sp³-hybridized carbons (Fsp3) is 0.714. The quantitative estimate of drug-likeness (QED) is 0.323. The zero-order valence-corrected chi connectivity index (χ0v) is 15.2. The van der Waals surface area contributed by atoms with E-state index >= 15 is 0 Å². The minimum Gasteiger partial charge on any atom is -0.359 e. The van der Waals surface area contributed by atoms with Gasteiger partial charge in [0, 0.05) is 19.7 Å². The number of hydrogen-bond acceptors (Lipinski definition) is 3. The van der Waals surface area contributed by atoms with Gasteiger partial charge in [-0.2, -0.15) is 0 Å². The van der Waals surface area contributed by atoms with E-state index in [1.54, 1.807) is 7.05 Å². The van der Waals surface area contributed by atoms with Gasteiger partial charge < -0.3 is 15.2 Å². The molecular weight excluding hydrogens is 367 g/mol. The van der Waals surface area contributed by atoms with Crippen molar-refractivity contribution in [2.24, 2.45) is 4.99 Å². The molecule has 1 aromatic heterocycles. The van der Waals surface area contributed by atoms with Gasteiger partial charge in [-0.3, -0.25) is 4.99 Å². The maximum Gasteiger partial charge on any atom is 0.191 e. The molecule has 0 aromatic carbocycles. The molecule has 1 aromatic rings. The summed E-state index contributed by atoms with van der Waals surface area (Å²) in [5.74, 6) is 2.03. The molecule has 0 fully saturated rings. The molecule has 0 amide bonds. The second-order valence-electron chi connectivity index (χ2n) is 4.93. The minimum atomic E-state index is 0. The Morgan fingerprint density at radius 1 is 1.35 bits per heavy atom. The Morgan fingerprint density at radius 2 is 2.10 bits per heavy atom. The average molecular weight is 394 g/mol. The third-order valence-electron chi connectivity index (χ3n) is 2.90. The average Bonchev–Trinajstić information content (AvgIpc) is 2.87. The fourth-order valence-corrected chi connectivity index (χ4v) is 1.66. The summed E-state index contributed by atoms with van der Waals surface area (Å²) in [4.78, 5) is 4.18. The predicted molar refractivity (Wildman–Crippen MR) is 93.7 cm³/mol. The first kappa shape index (κ1) is 19.2. The SMILES string of the molecule is CCCCCNC(=NC)NCc1cc(C(C)C)no1.I. The second-order valence-corrected chi connectivity index (χ2v) is 4.93. The third-order valence-corrected chi connectivity index (χ3v) is 2.90. The van der Waals surface area contributed by atoms with Crippen molar-refractivity contribution < 1.29 is 4.52 Å². The van der Waals surface area contributed by atoms with Crippen molar-refractivity contribution in [3.05, 3.63) is 17.5 Å². The van der Waals surface area contributed by atoms with Crippen LogP contribution >= 0.6 is 24.0 Å². The topological polar surface area (TPSA) is 62.5 Å². The highest BCUT2D eigenvalue weighted by molar-refractivity contribution is 14.0. The molecule has 0 saturated carbocycles. The molecule has 0 unspecified atom stereocenters. The highest BCUT2D eigenvalue weighted by Crippen LogP contribution is 2.13. The summed E-state index contributed by atoms with van der Waals surface area (Å²) in [5.41, 5.74) is 0.989. The molecule has 0 aliphatic rings. The van der Waals surface area contributed by atoms with E-state index in [1.807, 2.05) is 6.07 Å². The molecule has 0 saturated heterocycles. The molecule has 0 radical (unpaired) electrons. The Hall–Kier alpha value is -0.790. The number of unbranched alkanes of at least 4 members (excludes halogenated alkanes) is 2. The molecule has 6 heteroatoms. The predicted octanol–water partition coefficient (Wildman–Crippen LogP) is 3.27. The van der Waals surface area contributed by atoms with Gasteiger partial charge in [-0.25, -0.2) is 0 Å². The Balaban J connectivity index is 0.00000361. The molecule has 5 nitrogen and oxygen atoms in total. The largest absolute Gasteiger partial charge is 0.359 e. The van der Waals surface area contributed by atoms with E-state index in [9.17, 15) is 0 Å². The zero-order valence-electron chi connectivity index (χ0n) is 12.9.